The van der Waals surface area contributed by atoms with Crippen molar-refractivity contribution >= 4 is 0 Å². The fraction of sp³-hybridized carbons (Fsp3) is 0.750. The lowest BCUT2D eigenvalue weighted by molar-refractivity contribution is 0.0707. The van der Waals surface area contributed by atoms with Gasteiger partial charge in [-0.3, -0.25) is 4.90 Å². The zero-order valence-corrected chi connectivity index (χ0v) is 12.7. The lowest BCUT2D eigenvalue weighted by atomic mass is 9.91. The van der Waals surface area contributed by atoms with Gasteiger partial charge in [-0.2, -0.15) is 0 Å². The van der Waals surface area contributed by atoms with Crippen molar-refractivity contribution in [3.8, 4) is 0 Å². The summed E-state index contributed by atoms with van der Waals surface area (Å²) in [6.45, 7) is 7.52. The van der Waals surface area contributed by atoms with E-state index in [1.807, 2.05) is 13.1 Å². The molecule has 4 heteroatoms. The van der Waals surface area contributed by atoms with E-state index in [1.165, 1.54) is 38.6 Å². The predicted octanol–water partition coefficient (Wildman–Crippen LogP) is 2.28. The average molecular weight is 274 g/mol. The second-order valence-corrected chi connectivity index (χ2v) is 6.43. The fourth-order valence-electron chi connectivity index (χ4n) is 3.81. The van der Waals surface area contributed by atoms with Gasteiger partial charge >= 0.3 is 0 Å². The number of piperazine rings is 1. The summed E-state index contributed by atoms with van der Waals surface area (Å²) in [5.41, 5.74) is 1.54. The van der Waals surface area contributed by atoms with E-state index < -0.39 is 0 Å². The van der Waals surface area contributed by atoms with Crippen molar-refractivity contribution in [3.05, 3.63) is 23.8 Å². The van der Waals surface area contributed by atoms with Gasteiger partial charge in [0.1, 0.15) is 5.82 Å². The molecule has 20 heavy (non-hydrogen) atoms. The van der Waals surface area contributed by atoms with E-state index in [-0.39, 0.29) is 0 Å². The van der Waals surface area contributed by atoms with Crippen LogP contribution in [0.2, 0.25) is 0 Å². The minimum absolute atomic E-state index is 0.383. The van der Waals surface area contributed by atoms with Crippen LogP contribution in [0.25, 0.3) is 0 Å². The summed E-state index contributed by atoms with van der Waals surface area (Å²) < 4.78 is 0. The van der Waals surface area contributed by atoms with Gasteiger partial charge in [-0.15, -0.1) is 0 Å². The molecule has 0 aromatic carbocycles. The highest BCUT2D eigenvalue weighted by molar-refractivity contribution is 5.06. The van der Waals surface area contributed by atoms with Crippen molar-refractivity contribution in [3.63, 3.8) is 0 Å². The molecule has 0 bridgehead atoms. The third-order valence-corrected chi connectivity index (χ3v) is 4.97. The number of nitrogens with one attached hydrogen (secondary N) is 1. The molecule has 0 amide bonds. The minimum Gasteiger partial charge on any atom is -0.308 e. The zero-order chi connectivity index (χ0) is 14.0. The molecular formula is C16H26N4. The summed E-state index contributed by atoms with van der Waals surface area (Å²) in [6, 6.07) is 2.69. The number of aryl methyl sites for hydroxylation is 1. The molecule has 1 aliphatic heterocycles. The molecule has 1 unspecified atom stereocenters. The van der Waals surface area contributed by atoms with E-state index in [1.54, 1.807) is 0 Å². The van der Waals surface area contributed by atoms with Crippen LogP contribution >= 0.6 is 0 Å². The zero-order valence-electron chi connectivity index (χ0n) is 12.7. The van der Waals surface area contributed by atoms with Crippen LogP contribution in [0.4, 0.5) is 0 Å². The third kappa shape index (κ3) is 2.86. The molecule has 2 aliphatic rings. The number of nitrogens with zero attached hydrogens (tertiary/aromatic N) is 3. The van der Waals surface area contributed by atoms with E-state index in [4.69, 9.17) is 0 Å². The molecule has 1 saturated heterocycles. The van der Waals surface area contributed by atoms with Crippen molar-refractivity contribution < 1.29 is 0 Å². The minimum atomic E-state index is 0.383. The summed E-state index contributed by atoms with van der Waals surface area (Å²) in [4.78, 5) is 11.4. The molecule has 3 rings (SSSR count). The second kappa shape index (κ2) is 5.78. The highest BCUT2D eigenvalue weighted by Gasteiger charge is 2.40. The molecule has 1 aliphatic carbocycles. The number of hydrogen-bond donors (Lipinski definition) is 1. The van der Waals surface area contributed by atoms with E-state index in [0.717, 1.165) is 24.6 Å². The largest absolute Gasteiger partial charge is 0.308 e. The van der Waals surface area contributed by atoms with Crippen LogP contribution in [0.5, 0.6) is 0 Å². The Morgan fingerprint density at radius 1 is 1.40 bits per heavy atom. The Morgan fingerprint density at radius 2 is 2.20 bits per heavy atom. The van der Waals surface area contributed by atoms with Crippen LogP contribution in [0.15, 0.2) is 12.3 Å². The van der Waals surface area contributed by atoms with Gasteiger partial charge in [-0.05, 0) is 32.3 Å². The van der Waals surface area contributed by atoms with E-state index >= 15 is 0 Å². The maximum atomic E-state index is 4.58. The van der Waals surface area contributed by atoms with Gasteiger partial charge in [0, 0.05) is 37.4 Å². The standard InChI is InChI=1S/C16H26N4/c1-3-15-10-18-16(7-4-5-8-16)12-20(15)11-14-6-9-17-13(2)19-14/h6,9,15,18H,3-5,7-8,10-12H2,1-2H3. The van der Waals surface area contributed by atoms with Gasteiger partial charge in [0.2, 0.25) is 0 Å². The first kappa shape index (κ1) is 14.0. The molecule has 1 aromatic rings. The van der Waals surface area contributed by atoms with Crippen LogP contribution in [-0.2, 0) is 6.54 Å². The Hall–Kier alpha value is -1.00. The summed E-state index contributed by atoms with van der Waals surface area (Å²) in [5.74, 6) is 0.876. The Balaban J connectivity index is 1.74. The van der Waals surface area contributed by atoms with Crippen molar-refractivity contribution in [2.24, 2.45) is 0 Å². The van der Waals surface area contributed by atoms with Crippen molar-refractivity contribution in [2.45, 2.75) is 64.1 Å². The van der Waals surface area contributed by atoms with Gasteiger partial charge in [0.25, 0.3) is 0 Å². The van der Waals surface area contributed by atoms with E-state index in [0.29, 0.717) is 11.6 Å². The van der Waals surface area contributed by atoms with Crippen molar-refractivity contribution in [2.75, 3.05) is 13.1 Å². The summed E-state index contributed by atoms with van der Waals surface area (Å²) in [5, 5.41) is 3.85. The normalized spacial score (nSPS) is 26.2. The van der Waals surface area contributed by atoms with Gasteiger partial charge in [-0.1, -0.05) is 19.8 Å². The van der Waals surface area contributed by atoms with Crippen LogP contribution in [0, 0.1) is 6.92 Å². The lowest BCUT2D eigenvalue weighted by Gasteiger charge is -2.46. The second-order valence-electron chi connectivity index (χ2n) is 6.43. The molecule has 4 nitrogen and oxygen atoms in total. The lowest BCUT2D eigenvalue weighted by Crippen LogP contribution is -2.62. The van der Waals surface area contributed by atoms with E-state index in [9.17, 15) is 0 Å². The smallest absolute Gasteiger partial charge is 0.125 e. The quantitative estimate of drug-likeness (QED) is 0.918. The molecule has 1 saturated carbocycles. The molecule has 110 valence electrons. The Kier molecular flexibility index (Phi) is 4.03. The number of aromatic nitrogens is 2. The summed E-state index contributed by atoms with van der Waals surface area (Å²) >= 11 is 0. The molecule has 1 N–H and O–H groups in total. The summed E-state index contributed by atoms with van der Waals surface area (Å²) in [6.07, 6.45) is 8.51. The number of rotatable bonds is 3. The first-order valence-corrected chi connectivity index (χ1v) is 7.98. The highest BCUT2D eigenvalue weighted by Crippen LogP contribution is 2.34. The Labute approximate surface area is 122 Å². The summed E-state index contributed by atoms with van der Waals surface area (Å²) in [7, 11) is 0. The third-order valence-electron chi connectivity index (χ3n) is 4.97. The average Bonchev–Trinajstić information content (AvgIpc) is 2.87. The highest BCUT2D eigenvalue weighted by atomic mass is 15.3. The van der Waals surface area contributed by atoms with Crippen LogP contribution < -0.4 is 5.32 Å². The Bertz CT molecular complexity index is 454. The molecule has 0 radical (unpaired) electrons. The number of hydrogen-bond acceptors (Lipinski definition) is 4. The molecule has 2 heterocycles. The van der Waals surface area contributed by atoms with Gasteiger partial charge < -0.3 is 5.32 Å². The predicted molar refractivity (Wildman–Crippen MR) is 80.5 cm³/mol. The molecule has 2 fully saturated rings. The molecular weight excluding hydrogens is 248 g/mol. The van der Waals surface area contributed by atoms with Crippen molar-refractivity contribution in [1.82, 2.24) is 20.2 Å². The first-order valence-electron chi connectivity index (χ1n) is 7.98. The monoisotopic (exact) mass is 274 g/mol. The molecule has 1 aromatic heterocycles. The van der Waals surface area contributed by atoms with Crippen LogP contribution in [0.1, 0.15) is 50.5 Å². The van der Waals surface area contributed by atoms with Gasteiger partial charge in [0.05, 0.1) is 5.69 Å². The molecule has 1 atom stereocenters. The van der Waals surface area contributed by atoms with Crippen LogP contribution in [0.3, 0.4) is 0 Å². The SMILES string of the molecule is CCC1CNC2(CCCC2)CN1Cc1ccnc(C)n1. The van der Waals surface area contributed by atoms with Gasteiger partial charge in [0.15, 0.2) is 0 Å². The Morgan fingerprint density at radius 3 is 2.90 bits per heavy atom. The maximum Gasteiger partial charge on any atom is 0.125 e. The van der Waals surface area contributed by atoms with E-state index in [2.05, 4.69) is 33.2 Å². The van der Waals surface area contributed by atoms with Gasteiger partial charge in [-0.25, -0.2) is 9.97 Å². The topological polar surface area (TPSA) is 41.0 Å². The molecule has 1 spiro atoms. The van der Waals surface area contributed by atoms with Crippen LogP contribution in [-0.4, -0.2) is 39.5 Å². The fourth-order valence-corrected chi connectivity index (χ4v) is 3.81. The van der Waals surface area contributed by atoms with Crippen molar-refractivity contribution in [1.29, 1.82) is 0 Å². The maximum absolute atomic E-state index is 4.58. The first-order chi connectivity index (χ1) is 9.71.